The molecule has 122 valence electrons. The highest BCUT2D eigenvalue weighted by Gasteiger charge is 2.23. The Morgan fingerprint density at radius 2 is 1.88 bits per heavy atom. The Morgan fingerprint density at radius 3 is 2.50 bits per heavy atom. The summed E-state index contributed by atoms with van der Waals surface area (Å²) in [5, 5.41) is 31.9. The quantitative estimate of drug-likeness (QED) is 0.560. The van der Waals surface area contributed by atoms with Gasteiger partial charge in [-0.3, -0.25) is 4.79 Å². The van der Waals surface area contributed by atoms with Gasteiger partial charge >= 0.3 is 11.9 Å². The summed E-state index contributed by atoms with van der Waals surface area (Å²) in [6.07, 6.45) is 0. The molecule has 24 heavy (non-hydrogen) atoms. The summed E-state index contributed by atoms with van der Waals surface area (Å²) in [7, 11) is 0. The third-order valence-corrected chi connectivity index (χ3v) is 3.59. The molecule has 0 amide bonds. The minimum Gasteiger partial charge on any atom is -0.507 e. The van der Waals surface area contributed by atoms with Gasteiger partial charge in [0.15, 0.2) is 5.69 Å². The maximum Gasteiger partial charge on any atom is 0.357 e. The van der Waals surface area contributed by atoms with Crippen molar-refractivity contribution in [2.24, 2.45) is 0 Å². The van der Waals surface area contributed by atoms with E-state index in [4.69, 9.17) is 16.7 Å². The zero-order valence-corrected chi connectivity index (χ0v) is 12.4. The van der Waals surface area contributed by atoms with E-state index < -0.39 is 28.9 Å². The first-order valence-corrected chi connectivity index (χ1v) is 6.79. The number of aromatic carboxylic acids is 2. The number of aromatic hydroxyl groups is 1. The average molecular weight is 350 g/mol. The van der Waals surface area contributed by atoms with Gasteiger partial charge in [-0.05, 0) is 18.2 Å². The Balaban J connectivity index is 2.43. The van der Waals surface area contributed by atoms with Crippen molar-refractivity contribution in [2.45, 2.75) is 0 Å². The Kier molecular flexibility index (Phi) is 3.49. The third-order valence-electron chi connectivity index (χ3n) is 3.27. The zero-order valence-electron chi connectivity index (χ0n) is 11.6. The number of nitrogens with one attached hydrogen (secondary N) is 1. The van der Waals surface area contributed by atoms with Crippen LogP contribution in [0.3, 0.4) is 0 Å². The molecule has 0 atom stereocenters. The minimum atomic E-state index is -1.44. The number of fused-ring (bicyclic) bond motifs is 1. The number of hydrogen-bond acceptors (Lipinski definition) is 5. The highest BCUT2D eigenvalue weighted by molar-refractivity contribution is 6.32. The van der Waals surface area contributed by atoms with Crippen LogP contribution in [-0.4, -0.2) is 42.0 Å². The lowest BCUT2D eigenvalue weighted by Gasteiger charge is -2.07. The van der Waals surface area contributed by atoms with Crippen molar-refractivity contribution in [1.29, 1.82) is 0 Å². The molecule has 1 aromatic carbocycles. The lowest BCUT2D eigenvalue weighted by Crippen LogP contribution is -2.08. The molecule has 0 aliphatic heterocycles. The van der Waals surface area contributed by atoms with Crippen LogP contribution < -0.4 is 5.56 Å². The summed E-state index contributed by atoms with van der Waals surface area (Å²) in [5.41, 5.74) is -1.41. The molecule has 0 bridgehead atoms. The molecule has 0 radical (unpaired) electrons. The monoisotopic (exact) mass is 349 g/mol. The molecular formula is C14H8ClN3O6. The van der Waals surface area contributed by atoms with Crippen LogP contribution in [-0.2, 0) is 0 Å². The van der Waals surface area contributed by atoms with Crippen molar-refractivity contribution in [2.75, 3.05) is 0 Å². The number of aromatic nitrogens is 3. The molecule has 3 rings (SSSR count). The van der Waals surface area contributed by atoms with Crippen molar-refractivity contribution >= 4 is 34.6 Å². The van der Waals surface area contributed by atoms with Crippen molar-refractivity contribution in [3.63, 3.8) is 0 Å². The first-order chi connectivity index (χ1) is 11.3. The van der Waals surface area contributed by atoms with Gasteiger partial charge in [0.2, 0.25) is 0 Å². The van der Waals surface area contributed by atoms with Gasteiger partial charge in [-0.15, -0.1) is 0 Å². The fraction of sp³-hybridized carbons (Fsp3) is 0. The van der Waals surface area contributed by atoms with Crippen molar-refractivity contribution < 1.29 is 24.9 Å². The molecule has 0 saturated heterocycles. The number of pyridine rings is 1. The van der Waals surface area contributed by atoms with Gasteiger partial charge in [0.1, 0.15) is 11.4 Å². The normalized spacial score (nSPS) is 10.9. The number of carboxylic acids is 2. The van der Waals surface area contributed by atoms with Crippen molar-refractivity contribution in [3.8, 4) is 11.4 Å². The van der Waals surface area contributed by atoms with E-state index in [9.17, 15) is 24.6 Å². The minimum absolute atomic E-state index is 0.0373. The van der Waals surface area contributed by atoms with Gasteiger partial charge in [-0.1, -0.05) is 11.6 Å². The fourth-order valence-corrected chi connectivity index (χ4v) is 2.45. The van der Waals surface area contributed by atoms with E-state index in [2.05, 4.69) is 10.1 Å². The predicted molar refractivity (Wildman–Crippen MR) is 82.3 cm³/mol. The Hall–Kier alpha value is -3.33. The van der Waals surface area contributed by atoms with Crippen LogP contribution >= 0.6 is 11.6 Å². The number of carboxylic acid groups (broad SMARTS) is 2. The van der Waals surface area contributed by atoms with Gasteiger partial charge < -0.3 is 20.3 Å². The Labute approximate surface area is 137 Å². The first kappa shape index (κ1) is 15.6. The third kappa shape index (κ3) is 2.36. The van der Waals surface area contributed by atoms with Crippen LogP contribution in [0.4, 0.5) is 0 Å². The highest BCUT2D eigenvalue weighted by atomic mass is 35.5. The summed E-state index contributed by atoms with van der Waals surface area (Å²) < 4.78 is 0.967. The Morgan fingerprint density at radius 1 is 1.17 bits per heavy atom. The molecule has 9 nitrogen and oxygen atoms in total. The van der Waals surface area contributed by atoms with E-state index in [1.165, 1.54) is 18.2 Å². The van der Waals surface area contributed by atoms with Crippen LogP contribution in [0.25, 0.3) is 16.7 Å². The van der Waals surface area contributed by atoms with Gasteiger partial charge in [-0.2, -0.15) is 5.10 Å². The van der Waals surface area contributed by atoms with E-state index in [0.717, 1.165) is 10.7 Å². The molecule has 0 aliphatic carbocycles. The second kappa shape index (κ2) is 5.39. The maximum absolute atomic E-state index is 11.6. The standard InChI is InChI=1S/C14H8ClN3O6/c15-6-2-1-5(13(21)22)3-7(6)18-12-10(11(17-18)14(23)24)8(19)4-9(20)16-12/h1-4H,(H,21,22)(H,23,24)(H2,16,19,20). The second-order valence-corrected chi connectivity index (χ2v) is 5.19. The number of rotatable bonds is 3. The number of halogens is 1. The second-order valence-electron chi connectivity index (χ2n) is 4.78. The van der Waals surface area contributed by atoms with Crippen molar-refractivity contribution in [3.05, 3.63) is 50.9 Å². The molecule has 0 saturated carbocycles. The Bertz CT molecular complexity index is 1070. The van der Waals surface area contributed by atoms with E-state index in [1.807, 2.05) is 0 Å². The number of benzene rings is 1. The fourth-order valence-electron chi connectivity index (χ4n) is 2.26. The molecule has 2 aromatic heterocycles. The van der Waals surface area contributed by atoms with Crippen LogP contribution in [0.15, 0.2) is 29.1 Å². The topological polar surface area (TPSA) is 146 Å². The number of nitrogens with zero attached hydrogens (tertiary/aromatic N) is 2. The summed E-state index contributed by atoms with van der Waals surface area (Å²) in [5.74, 6) is -3.23. The van der Waals surface area contributed by atoms with Gasteiger partial charge in [0.05, 0.1) is 21.7 Å². The lowest BCUT2D eigenvalue weighted by atomic mass is 10.2. The maximum atomic E-state index is 11.6. The summed E-state index contributed by atoms with van der Waals surface area (Å²) in [6.45, 7) is 0. The first-order valence-electron chi connectivity index (χ1n) is 6.41. The molecule has 3 aromatic rings. The molecule has 4 N–H and O–H groups in total. The molecule has 0 unspecified atom stereocenters. The molecular weight excluding hydrogens is 342 g/mol. The average Bonchev–Trinajstić information content (AvgIpc) is 2.87. The molecule has 0 fully saturated rings. The number of hydrogen-bond donors (Lipinski definition) is 4. The molecule has 10 heteroatoms. The number of carbonyl (C=O) groups is 2. The van der Waals surface area contributed by atoms with E-state index in [-0.39, 0.29) is 27.3 Å². The van der Waals surface area contributed by atoms with Gasteiger partial charge in [0, 0.05) is 6.07 Å². The predicted octanol–water partition coefficient (Wildman–Crippen LogP) is 1.47. The van der Waals surface area contributed by atoms with Crippen LogP contribution in [0.5, 0.6) is 5.75 Å². The van der Waals surface area contributed by atoms with Gasteiger partial charge in [0.25, 0.3) is 5.56 Å². The SMILES string of the molecule is O=C(O)c1ccc(Cl)c(-n2nc(C(=O)O)c3c(O)cc(=O)[nH]c32)c1. The van der Waals surface area contributed by atoms with E-state index in [0.29, 0.717) is 0 Å². The summed E-state index contributed by atoms with van der Waals surface area (Å²) in [6, 6.07) is 4.55. The number of aromatic amines is 1. The largest absolute Gasteiger partial charge is 0.507 e. The highest BCUT2D eigenvalue weighted by Crippen LogP contribution is 2.30. The molecule has 0 spiro atoms. The summed E-state index contributed by atoms with van der Waals surface area (Å²) >= 11 is 6.05. The van der Waals surface area contributed by atoms with E-state index in [1.54, 1.807) is 0 Å². The molecule has 2 heterocycles. The van der Waals surface area contributed by atoms with Crippen molar-refractivity contribution in [1.82, 2.24) is 14.8 Å². The van der Waals surface area contributed by atoms with Crippen LogP contribution in [0.2, 0.25) is 5.02 Å². The smallest absolute Gasteiger partial charge is 0.357 e. The van der Waals surface area contributed by atoms with Crippen LogP contribution in [0.1, 0.15) is 20.8 Å². The van der Waals surface area contributed by atoms with E-state index >= 15 is 0 Å². The van der Waals surface area contributed by atoms with Gasteiger partial charge in [-0.25, -0.2) is 14.3 Å². The lowest BCUT2D eigenvalue weighted by molar-refractivity contribution is 0.0682. The summed E-state index contributed by atoms with van der Waals surface area (Å²) in [4.78, 5) is 36.4. The van der Waals surface area contributed by atoms with Crippen LogP contribution in [0, 0.1) is 0 Å². The molecule has 0 aliphatic rings. The number of H-pyrrole nitrogens is 1. The zero-order chi connectivity index (χ0) is 17.6.